The van der Waals surface area contributed by atoms with Gasteiger partial charge in [0.25, 0.3) is 0 Å². The molecule has 14 heavy (non-hydrogen) atoms. The Balaban J connectivity index is 2.31. The van der Waals surface area contributed by atoms with Crippen molar-refractivity contribution >= 4 is 22.8 Å². The Hall–Kier alpha value is -0.550. The van der Waals surface area contributed by atoms with Gasteiger partial charge in [-0.25, -0.2) is 0 Å². The molecule has 0 saturated carbocycles. The zero-order chi connectivity index (χ0) is 10.6. The molecule has 0 bridgehead atoms. The van der Waals surface area contributed by atoms with E-state index in [1.807, 2.05) is 0 Å². The van der Waals surface area contributed by atoms with E-state index in [1.165, 1.54) is 11.8 Å². The van der Waals surface area contributed by atoms with Gasteiger partial charge in [0, 0.05) is 38.7 Å². The zero-order valence-electron chi connectivity index (χ0n) is 8.36. The summed E-state index contributed by atoms with van der Waals surface area (Å²) in [6.07, 6.45) is 0.570. The average molecular weight is 216 g/mol. The van der Waals surface area contributed by atoms with Crippen molar-refractivity contribution in [2.75, 3.05) is 25.4 Å². The molecule has 80 valence electrons. The highest BCUT2D eigenvalue weighted by atomic mass is 32.2. The lowest BCUT2D eigenvalue weighted by Crippen LogP contribution is -2.30. The minimum absolute atomic E-state index is 0.120. The first-order chi connectivity index (χ1) is 6.63. The third-order valence-corrected chi connectivity index (χ3v) is 3.26. The van der Waals surface area contributed by atoms with Crippen LogP contribution in [-0.2, 0) is 9.59 Å². The topological polar surface area (TPSA) is 63.4 Å². The molecule has 0 aromatic rings. The molecular formula is C9H16N2O2S. The lowest BCUT2D eigenvalue weighted by Gasteiger charge is -2.14. The number of thioether (sulfide) groups is 1. The molecule has 0 aliphatic carbocycles. The molecule has 0 radical (unpaired) electrons. The molecule has 1 unspecified atom stereocenters. The number of carbonyl (C=O) groups excluding carboxylic acids is 2. The molecule has 0 spiro atoms. The van der Waals surface area contributed by atoms with E-state index in [0.29, 0.717) is 25.4 Å². The summed E-state index contributed by atoms with van der Waals surface area (Å²) in [5.74, 6) is 1.25. The van der Waals surface area contributed by atoms with Crippen LogP contribution in [0.15, 0.2) is 0 Å². The van der Waals surface area contributed by atoms with E-state index in [2.05, 4.69) is 0 Å². The fourth-order valence-electron chi connectivity index (χ4n) is 1.57. The number of rotatable bonds is 4. The van der Waals surface area contributed by atoms with Crippen molar-refractivity contribution in [1.82, 2.24) is 4.90 Å². The average Bonchev–Trinajstić information content (AvgIpc) is 2.45. The van der Waals surface area contributed by atoms with Crippen LogP contribution in [-0.4, -0.2) is 41.3 Å². The summed E-state index contributed by atoms with van der Waals surface area (Å²) < 4.78 is 0. The first-order valence-corrected chi connectivity index (χ1v) is 5.73. The van der Waals surface area contributed by atoms with Crippen LogP contribution in [0.4, 0.5) is 0 Å². The van der Waals surface area contributed by atoms with E-state index in [9.17, 15) is 9.59 Å². The Morgan fingerprint density at radius 2 is 2.43 bits per heavy atom. The molecule has 5 heteroatoms. The number of hydrogen-bond acceptors (Lipinski definition) is 4. The summed E-state index contributed by atoms with van der Waals surface area (Å²) >= 11 is 1.30. The van der Waals surface area contributed by atoms with Crippen LogP contribution in [0.25, 0.3) is 0 Å². The maximum absolute atomic E-state index is 11.4. The van der Waals surface area contributed by atoms with Gasteiger partial charge in [-0.1, -0.05) is 11.8 Å². The highest BCUT2D eigenvalue weighted by Gasteiger charge is 2.28. The highest BCUT2D eigenvalue weighted by molar-refractivity contribution is 8.13. The van der Waals surface area contributed by atoms with Crippen molar-refractivity contribution < 1.29 is 9.59 Å². The molecule has 1 heterocycles. The van der Waals surface area contributed by atoms with Crippen LogP contribution in [0.1, 0.15) is 13.3 Å². The summed E-state index contributed by atoms with van der Waals surface area (Å²) in [7, 11) is 0. The lowest BCUT2D eigenvalue weighted by molar-refractivity contribution is -0.127. The number of hydrogen-bond donors (Lipinski definition) is 1. The highest BCUT2D eigenvalue weighted by Crippen LogP contribution is 2.21. The third-order valence-electron chi connectivity index (χ3n) is 2.22. The molecule has 2 N–H and O–H groups in total. The minimum atomic E-state index is 0.120. The van der Waals surface area contributed by atoms with Gasteiger partial charge < -0.3 is 10.6 Å². The van der Waals surface area contributed by atoms with E-state index < -0.39 is 0 Å². The molecule has 0 aromatic heterocycles. The SMILES string of the molecule is CC(=O)SCC1CC(=O)N(CCN)C1. The smallest absolute Gasteiger partial charge is 0.222 e. The molecule has 1 saturated heterocycles. The van der Waals surface area contributed by atoms with Crippen molar-refractivity contribution in [3.8, 4) is 0 Å². The Morgan fingerprint density at radius 3 is 3.00 bits per heavy atom. The van der Waals surface area contributed by atoms with Crippen LogP contribution < -0.4 is 5.73 Å². The fraction of sp³-hybridized carbons (Fsp3) is 0.778. The predicted molar refractivity (Wildman–Crippen MR) is 56.9 cm³/mol. The van der Waals surface area contributed by atoms with Gasteiger partial charge in [0.05, 0.1) is 0 Å². The van der Waals surface area contributed by atoms with Gasteiger partial charge in [-0.2, -0.15) is 0 Å². The summed E-state index contributed by atoms with van der Waals surface area (Å²) in [6, 6.07) is 0. The van der Waals surface area contributed by atoms with Crippen LogP contribution in [0, 0.1) is 5.92 Å². The summed E-state index contributed by atoms with van der Waals surface area (Å²) in [4.78, 5) is 23.9. The van der Waals surface area contributed by atoms with E-state index >= 15 is 0 Å². The molecule has 1 aliphatic rings. The molecule has 0 aromatic carbocycles. The summed E-state index contributed by atoms with van der Waals surface area (Å²) in [5, 5.41) is 0.120. The number of amides is 1. The van der Waals surface area contributed by atoms with E-state index in [4.69, 9.17) is 5.73 Å². The summed E-state index contributed by atoms with van der Waals surface area (Å²) in [5.41, 5.74) is 5.38. The number of nitrogens with two attached hydrogens (primary N) is 1. The Kier molecular flexibility index (Phi) is 4.41. The number of nitrogens with zero attached hydrogens (tertiary/aromatic N) is 1. The molecule has 1 amide bonds. The number of likely N-dealkylation sites (tertiary alicyclic amines) is 1. The van der Waals surface area contributed by atoms with Crippen molar-refractivity contribution in [3.05, 3.63) is 0 Å². The standard InChI is InChI=1S/C9H16N2O2S/c1-7(12)14-6-8-4-9(13)11(5-8)3-2-10/h8H,2-6,10H2,1H3. The van der Waals surface area contributed by atoms with Gasteiger partial charge in [-0.3, -0.25) is 9.59 Å². The van der Waals surface area contributed by atoms with Gasteiger partial charge in [0.15, 0.2) is 5.12 Å². The van der Waals surface area contributed by atoms with Crippen molar-refractivity contribution in [3.63, 3.8) is 0 Å². The second-order valence-electron chi connectivity index (χ2n) is 3.50. The maximum Gasteiger partial charge on any atom is 0.222 e. The largest absolute Gasteiger partial charge is 0.341 e. The van der Waals surface area contributed by atoms with Gasteiger partial charge in [0.2, 0.25) is 5.91 Å². The fourth-order valence-corrected chi connectivity index (χ4v) is 2.27. The van der Waals surface area contributed by atoms with E-state index in [1.54, 1.807) is 11.8 Å². The first kappa shape index (κ1) is 11.5. The Morgan fingerprint density at radius 1 is 1.71 bits per heavy atom. The molecule has 4 nitrogen and oxygen atoms in total. The Bertz CT molecular complexity index is 233. The monoisotopic (exact) mass is 216 g/mol. The molecule has 1 atom stereocenters. The van der Waals surface area contributed by atoms with Gasteiger partial charge >= 0.3 is 0 Å². The van der Waals surface area contributed by atoms with Crippen LogP contribution in [0.2, 0.25) is 0 Å². The molecule has 1 aliphatic heterocycles. The number of carbonyl (C=O) groups is 2. The maximum atomic E-state index is 11.4. The Labute approximate surface area is 88.2 Å². The van der Waals surface area contributed by atoms with Gasteiger partial charge in [-0.05, 0) is 5.92 Å². The quantitative estimate of drug-likeness (QED) is 0.722. The second kappa shape index (κ2) is 5.36. The molecule has 1 rings (SSSR count). The van der Waals surface area contributed by atoms with Crippen molar-refractivity contribution in [2.45, 2.75) is 13.3 Å². The zero-order valence-corrected chi connectivity index (χ0v) is 9.18. The predicted octanol–water partition coefficient (Wildman–Crippen LogP) is 0.0733. The van der Waals surface area contributed by atoms with Crippen molar-refractivity contribution in [1.29, 1.82) is 0 Å². The summed E-state index contributed by atoms with van der Waals surface area (Å²) in [6.45, 7) is 3.47. The first-order valence-electron chi connectivity index (χ1n) is 4.74. The van der Waals surface area contributed by atoms with E-state index in [-0.39, 0.29) is 11.0 Å². The van der Waals surface area contributed by atoms with Crippen LogP contribution in [0.5, 0.6) is 0 Å². The molecular weight excluding hydrogens is 200 g/mol. The van der Waals surface area contributed by atoms with Gasteiger partial charge in [-0.15, -0.1) is 0 Å². The lowest BCUT2D eigenvalue weighted by atomic mass is 10.1. The minimum Gasteiger partial charge on any atom is -0.341 e. The van der Waals surface area contributed by atoms with Gasteiger partial charge in [0.1, 0.15) is 0 Å². The normalized spacial score (nSPS) is 21.7. The second-order valence-corrected chi connectivity index (χ2v) is 4.70. The van der Waals surface area contributed by atoms with Crippen molar-refractivity contribution in [2.24, 2.45) is 11.7 Å². The molecule has 1 fully saturated rings. The van der Waals surface area contributed by atoms with Crippen LogP contribution >= 0.6 is 11.8 Å². The van der Waals surface area contributed by atoms with Crippen LogP contribution in [0.3, 0.4) is 0 Å². The van der Waals surface area contributed by atoms with E-state index in [0.717, 1.165) is 12.3 Å². The third kappa shape index (κ3) is 3.31.